The third-order valence-electron chi connectivity index (χ3n) is 1.44. The lowest BCUT2D eigenvalue weighted by atomic mass is 10.6. The molecule has 0 radical (unpaired) electrons. The topological polar surface area (TPSA) is 9.23 Å². The second-order valence-electron chi connectivity index (χ2n) is 2.66. The van der Waals surface area contributed by atoms with E-state index in [2.05, 4.69) is 12.5 Å². The fourth-order valence-corrected chi connectivity index (χ4v) is 2.59. The number of rotatable bonds is 4. The lowest BCUT2D eigenvalue weighted by Crippen LogP contribution is -2.02. The first-order valence-electron chi connectivity index (χ1n) is 3.39. The van der Waals surface area contributed by atoms with Crippen LogP contribution in [0.2, 0.25) is 6.04 Å². The minimum absolute atomic E-state index is 0.659. The summed E-state index contributed by atoms with van der Waals surface area (Å²) in [5.74, 6) is 1.28. The van der Waals surface area contributed by atoms with Gasteiger partial charge in [-0.05, 0) is 24.7 Å². The summed E-state index contributed by atoms with van der Waals surface area (Å²) in [6.45, 7) is 0. The average molecular weight is 166 g/mol. The lowest BCUT2D eigenvalue weighted by Gasteiger charge is -2.28. The Morgan fingerprint density at radius 2 is 2.00 bits per heavy atom. The summed E-state index contributed by atoms with van der Waals surface area (Å²) >= 11 is 0. The van der Waals surface area contributed by atoms with Crippen molar-refractivity contribution in [1.82, 2.24) is 0 Å². The van der Waals surface area contributed by atoms with Gasteiger partial charge in [0.2, 0.25) is 0 Å². The van der Waals surface area contributed by atoms with Gasteiger partial charge >= 0.3 is 0 Å². The first-order valence-corrected chi connectivity index (χ1v) is 7.35. The average Bonchev–Trinajstić information content (AvgIpc) is 1.84. The molecule has 0 atom stereocenters. The molecule has 9 heavy (non-hydrogen) atoms. The minimum Gasteiger partial charge on any atom is -0.340 e. The zero-order valence-corrected chi connectivity index (χ0v) is 9.75. The highest BCUT2D eigenvalue weighted by Gasteiger charge is 2.07. The van der Waals surface area contributed by atoms with Crippen molar-refractivity contribution in [2.45, 2.75) is 12.5 Å². The van der Waals surface area contributed by atoms with Crippen molar-refractivity contribution in [2.75, 3.05) is 25.4 Å². The molecule has 0 N–H and O–H groups in total. The monoisotopic (exact) mass is 166 g/mol. The van der Waals surface area contributed by atoms with Gasteiger partial charge in [0, 0.05) is 17.4 Å². The summed E-state index contributed by atoms with van der Waals surface area (Å²) in [6, 6.07) is 1.42. The summed E-state index contributed by atoms with van der Waals surface area (Å²) in [7, 11) is 2.51. The van der Waals surface area contributed by atoms with E-state index in [1.165, 1.54) is 28.5 Å². The summed E-state index contributed by atoms with van der Waals surface area (Å²) in [5, 5.41) is 0. The highest BCUT2D eigenvalue weighted by molar-refractivity contribution is 8.28. The second kappa shape index (κ2) is 4.36. The Hall–Kier alpha value is 0.527. The molecule has 0 saturated carbocycles. The van der Waals surface area contributed by atoms with Crippen molar-refractivity contribution in [3.05, 3.63) is 0 Å². The van der Waals surface area contributed by atoms with Crippen LogP contribution in [-0.4, -0.2) is 35.6 Å². The van der Waals surface area contributed by atoms with Gasteiger partial charge < -0.3 is 4.18 Å². The third-order valence-corrected chi connectivity index (χ3v) is 4.32. The highest BCUT2D eigenvalue weighted by atomic mass is 32.3. The van der Waals surface area contributed by atoms with E-state index in [0.29, 0.717) is 0 Å². The van der Waals surface area contributed by atoms with Crippen LogP contribution in [0.1, 0.15) is 6.42 Å². The number of hydrogen-bond donors (Lipinski definition) is 0. The van der Waals surface area contributed by atoms with Gasteiger partial charge in [-0.2, -0.15) is 0 Å². The van der Waals surface area contributed by atoms with Crippen LogP contribution in [0.15, 0.2) is 0 Å². The van der Waals surface area contributed by atoms with Gasteiger partial charge in [-0.3, -0.25) is 0 Å². The predicted octanol–water partition coefficient (Wildman–Crippen LogP) is 0.786. The molecule has 0 heterocycles. The van der Waals surface area contributed by atoms with Crippen molar-refractivity contribution < 1.29 is 4.18 Å². The lowest BCUT2D eigenvalue weighted by molar-refractivity contribution is 0.470. The Morgan fingerprint density at radius 3 is 2.33 bits per heavy atom. The molecule has 0 aliphatic heterocycles. The molecule has 0 rings (SSSR count). The Bertz CT molecular complexity index is 75.5. The zero-order valence-electron chi connectivity index (χ0n) is 6.94. The van der Waals surface area contributed by atoms with Crippen LogP contribution >= 0.6 is 10.3 Å². The maximum absolute atomic E-state index is 5.34. The van der Waals surface area contributed by atoms with Crippen molar-refractivity contribution in [1.29, 1.82) is 0 Å². The predicted molar refractivity (Wildman–Crippen MR) is 50.7 cm³/mol. The van der Waals surface area contributed by atoms with Crippen LogP contribution in [-0.2, 0) is 4.18 Å². The normalized spacial score (nSPS) is 14.1. The molecule has 0 saturated heterocycles. The van der Waals surface area contributed by atoms with E-state index < -0.39 is 10.3 Å². The van der Waals surface area contributed by atoms with E-state index in [4.69, 9.17) is 4.18 Å². The van der Waals surface area contributed by atoms with Gasteiger partial charge in [-0.1, -0.05) is 6.04 Å². The minimum atomic E-state index is -0.659. The maximum Gasteiger partial charge on any atom is 0.0481 e. The summed E-state index contributed by atoms with van der Waals surface area (Å²) < 4.78 is 5.34. The molecule has 0 aromatic carbocycles. The molecular weight excluding hydrogens is 148 g/mol. The van der Waals surface area contributed by atoms with Gasteiger partial charge in [0.15, 0.2) is 0 Å². The van der Waals surface area contributed by atoms with Crippen LogP contribution in [0.5, 0.6) is 0 Å². The van der Waals surface area contributed by atoms with E-state index in [-0.39, 0.29) is 0 Å². The highest BCUT2D eigenvalue weighted by Crippen LogP contribution is 2.40. The van der Waals surface area contributed by atoms with Crippen LogP contribution in [0.25, 0.3) is 0 Å². The van der Waals surface area contributed by atoms with Crippen molar-refractivity contribution in [3.63, 3.8) is 0 Å². The Balaban J connectivity index is 3.33. The molecule has 0 aromatic heterocycles. The molecular formula is C6H18OSSi. The van der Waals surface area contributed by atoms with Crippen molar-refractivity contribution in [2.24, 2.45) is 0 Å². The molecule has 0 aliphatic rings. The number of hydrogen-bond acceptors (Lipinski definition) is 1. The largest absolute Gasteiger partial charge is 0.340 e. The Kier molecular flexibility index (Phi) is 4.61. The summed E-state index contributed by atoms with van der Waals surface area (Å²) in [4.78, 5) is 0. The first kappa shape index (κ1) is 9.53. The fraction of sp³-hybridized carbons (Fsp3) is 1.00. The Labute approximate surface area is 63.1 Å². The molecule has 0 unspecified atom stereocenters. The molecule has 0 aromatic rings. The fourth-order valence-electron chi connectivity index (χ4n) is 0.575. The molecule has 0 bridgehead atoms. The molecule has 0 spiro atoms. The molecule has 0 fully saturated rings. The molecule has 0 amide bonds. The summed E-state index contributed by atoms with van der Waals surface area (Å²) in [6.07, 6.45) is 5.82. The van der Waals surface area contributed by atoms with Gasteiger partial charge in [0.25, 0.3) is 0 Å². The first-order chi connectivity index (χ1) is 4.12. The van der Waals surface area contributed by atoms with Gasteiger partial charge in [0.1, 0.15) is 0 Å². The molecule has 0 aliphatic carbocycles. The van der Waals surface area contributed by atoms with Crippen LogP contribution in [0, 0.1) is 0 Å². The van der Waals surface area contributed by atoms with Crippen LogP contribution in [0.3, 0.4) is 0 Å². The third kappa shape index (κ3) is 5.00. The van der Waals surface area contributed by atoms with Gasteiger partial charge in [-0.15, -0.1) is 10.3 Å². The standard InChI is InChI=1S/C6H18OSSi/c1-7-8(2,3)5-4-6-9/h4-6H2,1-3,9H3. The second-order valence-corrected chi connectivity index (χ2v) is 7.28. The Morgan fingerprint density at radius 1 is 1.44 bits per heavy atom. The zero-order chi connectivity index (χ0) is 7.33. The SMILES string of the molecule is COS(C)(C)CCC[SiH3]. The van der Waals surface area contributed by atoms with E-state index in [9.17, 15) is 0 Å². The van der Waals surface area contributed by atoms with Crippen molar-refractivity contribution in [3.8, 4) is 0 Å². The molecule has 3 heteroatoms. The van der Waals surface area contributed by atoms with Crippen LogP contribution < -0.4 is 0 Å². The van der Waals surface area contributed by atoms with Gasteiger partial charge in [-0.25, -0.2) is 0 Å². The summed E-state index contributed by atoms with van der Waals surface area (Å²) in [5.41, 5.74) is 0. The van der Waals surface area contributed by atoms with E-state index in [1.807, 2.05) is 7.11 Å². The van der Waals surface area contributed by atoms with Crippen molar-refractivity contribution >= 4 is 20.6 Å². The maximum atomic E-state index is 5.34. The molecule has 1 nitrogen and oxygen atoms in total. The smallest absolute Gasteiger partial charge is 0.0481 e. The van der Waals surface area contributed by atoms with Gasteiger partial charge in [0.05, 0.1) is 0 Å². The van der Waals surface area contributed by atoms with E-state index in [1.54, 1.807) is 0 Å². The quantitative estimate of drug-likeness (QED) is 0.561. The molecule has 58 valence electrons. The van der Waals surface area contributed by atoms with E-state index >= 15 is 0 Å². The van der Waals surface area contributed by atoms with Crippen LogP contribution in [0.4, 0.5) is 0 Å². The van der Waals surface area contributed by atoms with E-state index in [0.717, 1.165) is 0 Å².